The second-order valence-electron chi connectivity index (χ2n) is 8.30. The van der Waals surface area contributed by atoms with E-state index in [4.69, 9.17) is 42.5 Å². The number of ketones is 1. The van der Waals surface area contributed by atoms with Crippen molar-refractivity contribution in [2.45, 2.75) is 19.4 Å². The first-order valence-corrected chi connectivity index (χ1v) is 14.4. The van der Waals surface area contributed by atoms with Crippen LogP contribution in [0.5, 0.6) is 0 Å². The van der Waals surface area contributed by atoms with Gasteiger partial charge in [0.2, 0.25) is 16.2 Å². The molecular weight excluding hydrogens is 643 g/mol. The molecule has 0 radical (unpaired) electrons. The average Bonchev–Trinajstić information content (AvgIpc) is 3.80. The van der Waals surface area contributed by atoms with Crippen LogP contribution in [-0.2, 0) is 20.7 Å². The molecule has 17 heteroatoms. The molecule has 4 heterocycles. The van der Waals surface area contributed by atoms with Crippen LogP contribution in [0.25, 0.3) is 22.5 Å². The number of ether oxygens (including phenoxy) is 1. The summed E-state index contributed by atoms with van der Waals surface area (Å²) in [6.07, 6.45) is 2.88. The third-order valence-corrected chi connectivity index (χ3v) is 7.20. The predicted octanol–water partition coefficient (Wildman–Crippen LogP) is 4.48. The van der Waals surface area contributed by atoms with E-state index in [1.807, 2.05) is 6.07 Å². The number of nitrogens with one attached hydrogen (secondary N) is 1. The summed E-state index contributed by atoms with van der Waals surface area (Å²) in [5.74, 6) is -3.22. The van der Waals surface area contributed by atoms with Gasteiger partial charge >= 0.3 is 5.97 Å². The van der Waals surface area contributed by atoms with E-state index in [-0.39, 0.29) is 40.5 Å². The van der Waals surface area contributed by atoms with Gasteiger partial charge in [0, 0.05) is 6.42 Å². The molecule has 0 fully saturated rings. The number of esters is 1. The SMILES string of the molecule is CCOC(=O)c1nsnc1-c1ccoc1Cl.NC(=O)C(=O)C(Cc1ccccc1)NC(=O)c1nsnc1-c1ccoc1Cl. The lowest BCUT2D eigenvalue weighted by molar-refractivity contribution is -0.137. The number of carbonyl (C=O) groups excluding carboxylic acids is 4. The zero-order valence-electron chi connectivity index (χ0n) is 22.0. The number of hydrogen-bond acceptors (Lipinski definition) is 13. The Kier molecular flexibility index (Phi) is 10.7. The lowest BCUT2D eigenvalue weighted by Crippen LogP contribution is -2.47. The van der Waals surface area contributed by atoms with Gasteiger partial charge in [-0.05, 0) is 47.8 Å². The lowest BCUT2D eigenvalue weighted by Gasteiger charge is -2.16. The highest BCUT2D eigenvalue weighted by Gasteiger charge is 2.29. The molecule has 0 saturated heterocycles. The summed E-state index contributed by atoms with van der Waals surface area (Å²) in [4.78, 5) is 47.7. The van der Waals surface area contributed by atoms with Crippen LogP contribution >= 0.6 is 46.7 Å². The van der Waals surface area contributed by atoms with E-state index in [1.54, 1.807) is 43.3 Å². The highest BCUT2D eigenvalue weighted by Crippen LogP contribution is 2.31. The van der Waals surface area contributed by atoms with Gasteiger partial charge in [-0.2, -0.15) is 17.5 Å². The Morgan fingerprint density at radius 2 is 1.44 bits per heavy atom. The molecule has 43 heavy (non-hydrogen) atoms. The van der Waals surface area contributed by atoms with Crippen LogP contribution in [0.1, 0.15) is 33.5 Å². The van der Waals surface area contributed by atoms with Crippen molar-refractivity contribution < 1.29 is 32.7 Å². The van der Waals surface area contributed by atoms with Gasteiger partial charge in [0.05, 0.1) is 53.7 Å². The Morgan fingerprint density at radius 1 is 0.884 bits per heavy atom. The fraction of sp³-hybridized carbons (Fsp3) is 0.154. The predicted molar refractivity (Wildman–Crippen MR) is 157 cm³/mol. The van der Waals surface area contributed by atoms with Gasteiger partial charge < -0.3 is 24.6 Å². The van der Waals surface area contributed by atoms with Crippen LogP contribution < -0.4 is 11.1 Å². The number of hydrogen-bond donors (Lipinski definition) is 2. The second kappa shape index (κ2) is 14.6. The van der Waals surface area contributed by atoms with E-state index in [2.05, 4.69) is 22.8 Å². The third-order valence-electron chi connectivity index (χ3n) is 5.55. The summed E-state index contributed by atoms with van der Waals surface area (Å²) < 4.78 is 30.7. The van der Waals surface area contributed by atoms with E-state index in [0.717, 1.165) is 29.0 Å². The molecule has 1 aromatic carbocycles. The number of furan rings is 2. The number of aromatic nitrogens is 4. The first kappa shape index (κ1) is 31.5. The molecule has 0 bridgehead atoms. The average molecular weight is 664 g/mol. The summed E-state index contributed by atoms with van der Waals surface area (Å²) in [5.41, 5.74) is 7.56. The summed E-state index contributed by atoms with van der Waals surface area (Å²) in [6, 6.07) is 11.0. The molecule has 5 rings (SSSR count). The Hall–Kier alpha value is -4.44. The largest absolute Gasteiger partial charge is 0.461 e. The van der Waals surface area contributed by atoms with Gasteiger partial charge in [0.1, 0.15) is 17.4 Å². The third kappa shape index (κ3) is 7.70. The Labute approximate surface area is 261 Å². The smallest absolute Gasteiger partial charge is 0.360 e. The Morgan fingerprint density at radius 3 is 1.95 bits per heavy atom. The van der Waals surface area contributed by atoms with Crippen molar-refractivity contribution in [3.8, 4) is 22.5 Å². The summed E-state index contributed by atoms with van der Waals surface area (Å²) in [5, 5.41) is 2.75. The maximum absolute atomic E-state index is 12.7. The second-order valence-corrected chi connectivity index (χ2v) is 10.0. The van der Waals surface area contributed by atoms with Crippen LogP contribution in [0, 0.1) is 0 Å². The van der Waals surface area contributed by atoms with Crippen molar-refractivity contribution in [1.29, 1.82) is 0 Å². The van der Waals surface area contributed by atoms with Crippen molar-refractivity contribution in [3.63, 3.8) is 0 Å². The van der Waals surface area contributed by atoms with Gasteiger partial charge in [0.25, 0.3) is 11.8 Å². The minimum Gasteiger partial charge on any atom is -0.461 e. The van der Waals surface area contributed by atoms with Gasteiger partial charge in [-0.25, -0.2) is 4.79 Å². The molecule has 0 aliphatic heterocycles. The molecule has 5 aromatic rings. The molecule has 3 N–H and O–H groups in total. The molecule has 4 aromatic heterocycles. The number of nitrogens with zero attached hydrogens (tertiary/aromatic N) is 4. The van der Waals surface area contributed by atoms with Gasteiger partial charge in [-0.3, -0.25) is 14.4 Å². The van der Waals surface area contributed by atoms with Gasteiger partial charge in [-0.15, -0.1) is 0 Å². The minimum absolute atomic E-state index is 0.0290. The normalized spacial score (nSPS) is 11.2. The fourth-order valence-electron chi connectivity index (χ4n) is 3.60. The maximum Gasteiger partial charge on any atom is 0.360 e. The van der Waals surface area contributed by atoms with Crippen molar-refractivity contribution in [3.05, 3.63) is 82.4 Å². The summed E-state index contributed by atoms with van der Waals surface area (Å²) >= 11 is 13.5. The summed E-state index contributed by atoms with van der Waals surface area (Å²) in [6.45, 7) is 2.01. The number of halogens is 2. The van der Waals surface area contributed by atoms with Crippen molar-refractivity contribution >= 4 is 70.2 Å². The minimum atomic E-state index is -1.13. The number of rotatable bonds is 10. The molecule has 222 valence electrons. The number of nitrogens with two attached hydrogens (primary N) is 1. The van der Waals surface area contributed by atoms with E-state index >= 15 is 0 Å². The number of benzene rings is 1. The topological polar surface area (TPSA) is 193 Å². The van der Waals surface area contributed by atoms with E-state index < -0.39 is 29.6 Å². The van der Waals surface area contributed by atoms with Crippen molar-refractivity contribution in [2.24, 2.45) is 5.73 Å². The first-order chi connectivity index (χ1) is 20.7. The molecule has 13 nitrogen and oxygen atoms in total. The Balaban J connectivity index is 0.000000225. The van der Waals surface area contributed by atoms with Gasteiger partial charge in [0.15, 0.2) is 11.4 Å². The van der Waals surface area contributed by atoms with Crippen LogP contribution in [-0.4, -0.2) is 53.7 Å². The van der Waals surface area contributed by atoms with Crippen LogP contribution in [0.3, 0.4) is 0 Å². The fourth-order valence-corrected chi connectivity index (χ4v) is 5.11. The molecule has 1 unspecified atom stereocenters. The van der Waals surface area contributed by atoms with Crippen molar-refractivity contribution in [2.75, 3.05) is 6.61 Å². The van der Waals surface area contributed by atoms with Crippen LogP contribution in [0.4, 0.5) is 0 Å². The number of carbonyl (C=O) groups is 4. The highest BCUT2D eigenvalue weighted by atomic mass is 35.5. The molecule has 0 aliphatic carbocycles. The van der Waals surface area contributed by atoms with Crippen LogP contribution in [0.15, 0.2) is 63.8 Å². The van der Waals surface area contributed by atoms with E-state index in [0.29, 0.717) is 16.8 Å². The summed E-state index contributed by atoms with van der Waals surface area (Å²) in [7, 11) is 0. The molecule has 0 aliphatic rings. The Bertz CT molecular complexity index is 1730. The lowest BCUT2D eigenvalue weighted by atomic mass is 10.0. The zero-order chi connectivity index (χ0) is 30.9. The molecule has 0 saturated carbocycles. The maximum atomic E-state index is 12.7. The first-order valence-electron chi connectivity index (χ1n) is 12.2. The number of amides is 2. The van der Waals surface area contributed by atoms with E-state index in [1.165, 1.54) is 12.5 Å². The van der Waals surface area contributed by atoms with Crippen molar-refractivity contribution in [1.82, 2.24) is 22.8 Å². The highest BCUT2D eigenvalue weighted by molar-refractivity contribution is 6.99. The number of Topliss-reactive ketones (excluding diaryl/α,β-unsaturated/α-hetero) is 1. The quantitative estimate of drug-likeness (QED) is 0.158. The molecule has 1 atom stereocenters. The van der Waals surface area contributed by atoms with Crippen LogP contribution in [0.2, 0.25) is 10.4 Å². The molecule has 0 spiro atoms. The number of primary amides is 1. The molecular formula is C26H20Cl2N6O7S2. The standard InChI is InChI=1S/C17H13ClN4O4S.C9H7ClN2O3S/c18-15-10(6-7-26-15)12-13(22-27-21-12)17(25)20-11(14(23)16(19)24)8-9-4-2-1-3-5-9;1-2-14-9(13)7-6(11-16-12-7)5-3-4-15-8(5)10/h1-7,11H,8H2,(H2,19,24)(H,20,25);3-4H,2H2,1H3. The monoisotopic (exact) mass is 662 g/mol. The zero-order valence-corrected chi connectivity index (χ0v) is 25.1. The molecule has 2 amide bonds. The van der Waals surface area contributed by atoms with Gasteiger partial charge in [-0.1, -0.05) is 30.3 Å². The van der Waals surface area contributed by atoms with E-state index in [9.17, 15) is 19.2 Å².